The lowest BCUT2D eigenvalue weighted by Gasteiger charge is -2.30. The molecule has 0 aromatic heterocycles. The standard InChI is InChI=1S/C15H22N2O4S.ClH/c1-10-6-7-12(9-13(10)15(18)21-3)22(19,20)17-14-5-4-8-16-11(14)2;/h6-7,9,11,14,16-17H,4-5,8H2,1-3H3;1H. The topological polar surface area (TPSA) is 84.5 Å². The number of benzene rings is 1. The number of esters is 1. The summed E-state index contributed by atoms with van der Waals surface area (Å²) in [6.45, 7) is 4.60. The Morgan fingerprint density at radius 3 is 2.70 bits per heavy atom. The van der Waals surface area contributed by atoms with Crippen LogP contribution in [0.5, 0.6) is 0 Å². The molecule has 1 aromatic carbocycles. The van der Waals surface area contributed by atoms with Gasteiger partial charge in [-0.25, -0.2) is 17.9 Å². The van der Waals surface area contributed by atoms with Crippen molar-refractivity contribution in [3.63, 3.8) is 0 Å². The molecule has 2 rings (SSSR count). The molecule has 6 nitrogen and oxygen atoms in total. The number of piperidine rings is 1. The Bertz CT molecular complexity index is 663. The van der Waals surface area contributed by atoms with E-state index >= 15 is 0 Å². The van der Waals surface area contributed by atoms with Crippen molar-refractivity contribution in [2.75, 3.05) is 13.7 Å². The van der Waals surface area contributed by atoms with Crippen molar-refractivity contribution in [1.29, 1.82) is 0 Å². The SMILES string of the molecule is COC(=O)c1cc(S(=O)(=O)NC2CCCNC2C)ccc1C.Cl. The lowest BCUT2D eigenvalue weighted by Crippen LogP contribution is -2.51. The maximum absolute atomic E-state index is 12.5. The Hall–Kier alpha value is -1.15. The molecule has 0 amide bonds. The van der Waals surface area contributed by atoms with Crippen LogP contribution >= 0.6 is 12.4 Å². The molecular formula is C15H23ClN2O4S. The van der Waals surface area contributed by atoms with Crippen LogP contribution in [-0.2, 0) is 14.8 Å². The first-order valence-corrected chi connectivity index (χ1v) is 8.78. The first-order chi connectivity index (χ1) is 10.3. The molecule has 1 aliphatic heterocycles. The van der Waals surface area contributed by atoms with Crippen molar-refractivity contribution in [2.24, 2.45) is 0 Å². The zero-order chi connectivity index (χ0) is 16.3. The van der Waals surface area contributed by atoms with Gasteiger partial charge in [0.25, 0.3) is 0 Å². The molecule has 8 heteroatoms. The Kier molecular flexibility index (Phi) is 7.01. The summed E-state index contributed by atoms with van der Waals surface area (Å²) in [6.07, 6.45) is 1.72. The van der Waals surface area contributed by atoms with Gasteiger partial charge in [-0.1, -0.05) is 6.07 Å². The molecule has 1 aromatic rings. The van der Waals surface area contributed by atoms with E-state index in [-0.39, 0.29) is 34.9 Å². The summed E-state index contributed by atoms with van der Waals surface area (Å²) in [4.78, 5) is 11.8. The highest BCUT2D eigenvalue weighted by Gasteiger charge is 2.27. The summed E-state index contributed by atoms with van der Waals surface area (Å²) >= 11 is 0. The molecule has 1 heterocycles. The molecule has 0 radical (unpaired) electrons. The summed E-state index contributed by atoms with van der Waals surface area (Å²) in [5, 5.41) is 3.25. The lowest BCUT2D eigenvalue weighted by atomic mass is 10.0. The zero-order valence-corrected chi connectivity index (χ0v) is 15.1. The second-order valence-corrected chi connectivity index (χ2v) is 7.30. The fraction of sp³-hybridized carbons (Fsp3) is 0.533. The quantitative estimate of drug-likeness (QED) is 0.795. The Labute approximate surface area is 143 Å². The van der Waals surface area contributed by atoms with Crippen LogP contribution < -0.4 is 10.0 Å². The predicted octanol–water partition coefficient (Wildman–Crippen LogP) is 1.62. The third-order valence-electron chi connectivity index (χ3n) is 3.99. The minimum atomic E-state index is -3.67. The minimum Gasteiger partial charge on any atom is -0.465 e. The van der Waals surface area contributed by atoms with Crippen molar-refractivity contribution in [3.05, 3.63) is 29.3 Å². The smallest absolute Gasteiger partial charge is 0.338 e. The second kappa shape index (κ2) is 8.10. The molecule has 130 valence electrons. The van der Waals surface area contributed by atoms with Crippen molar-refractivity contribution in [1.82, 2.24) is 10.0 Å². The van der Waals surface area contributed by atoms with E-state index in [1.54, 1.807) is 13.0 Å². The van der Waals surface area contributed by atoms with Gasteiger partial charge in [-0.2, -0.15) is 0 Å². The molecule has 0 spiro atoms. The number of hydrogen-bond donors (Lipinski definition) is 2. The van der Waals surface area contributed by atoms with Gasteiger partial charge in [-0.3, -0.25) is 0 Å². The largest absolute Gasteiger partial charge is 0.465 e. The van der Waals surface area contributed by atoms with E-state index in [4.69, 9.17) is 0 Å². The van der Waals surface area contributed by atoms with Crippen LogP contribution in [0, 0.1) is 6.92 Å². The number of aryl methyl sites for hydroxylation is 1. The Balaban J connectivity index is 0.00000264. The van der Waals surface area contributed by atoms with Gasteiger partial charge in [0.05, 0.1) is 17.6 Å². The Morgan fingerprint density at radius 1 is 1.39 bits per heavy atom. The van der Waals surface area contributed by atoms with E-state index in [9.17, 15) is 13.2 Å². The third kappa shape index (κ3) is 4.67. The second-order valence-electron chi connectivity index (χ2n) is 5.58. The molecule has 23 heavy (non-hydrogen) atoms. The fourth-order valence-electron chi connectivity index (χ4n) is 2.57. The van der Waals surface area contributed by atoms with Gasteiger partial charge < -0.3 is 10.1 Å². The molecule has 0 aliphatic carbocycles. The third-order valence-corrected chi connectivity index (χ3v) is 5.48. The molecule has 2 N–H and O–H groups in total. The highest BCUT2D eigenvalue weighted by Crippen LogP contribution is 2.18. The van der Waals surface area contributed by atoms with Crippen LogP contribution in [0.3, 0.4) is 0 Å². The van der Waals surface area contributed by atoms with E-state index in [2.05, 4.69) is 14.8 Å². The summed E-state index contributed by atoms with van der Waals surface area (Å²) in [7, 11) is -2.40. The maximum atomic E-state index is 12.5. The molecule has 2 atom stereocenters. The highest BCUT2D eigenvalue weighted by molar-refractivity contribution is 7.89. The van der Waals surface area contributed by atoms with Gasteiger partial charge in [-0.15, -0.1) is 12.4 Å². The van der Waals surface area contributed by atoms with Crippen LogP contribution in [0.25, 0.3) is 0 Å². The van der Waals surface area contributed by atoms with Crippen molar-refractivity contribution in [3.8, 4) is 0 Å². The zero-order valence-electron chi connectivity index (χ0n) is 13.5. The molecular weight excluding hydrogens is 340 g/mol. The molecule has 1 saturated heterocycles. The molecule has 0 bridgehead atoms. The van der Waals surface area contributed by atoms with Crippen molar-refractivity contribution in [2.45, 2.75) is 43.7 Å². The van der Waals surface area contributed by atoms with Crippen LogP contribution in [0.2, 0.25) is 0 Å². The van der Waals surface area contributed by atoms with Gasteiger partial charge in [-0.05, 0) is 50.9 Å². The number of carbonyl (C=O) groups is 1. The number of sulfonamides is 1. The van der Waals surface area contributed by atoms with E-state index in [0.717, 1.165) is 19.4 Å². The highest BCUT2D eigenvalue weighted by atomic mass is 35.5. The van der Waals surface area contributed by atoms with Gasteiger partial charge in [0.2, 0.25) is 10.0 Å². The van der Waals surface area contributed by atoms with E-state index in [1.165, 1.54) is 19.2 Å². The van der Waals surface area contributed by atoms with Crippen LogP contribution in [0.1, 0.15) is 35.7 Å². The fourth-order valence-corrected chi connectivity index (χ4v) is 3.95. The monoisotopic (exact) mass is 362 g/mol. The molecule has 1 aliphatic rings. The van der Waals surface area contributed by atoms with Crippen molar-refractivity contribution >= 4 is 28.4 Å². The summed E-state index contributed by atoms with van der Waals surface area (Å²) < 4.78 is 32.5. The average molecular weight is 363 g/mol. The number of nitrogens with one attached hydrogen (secondary N) is 2. The first kappa shape index (κ1) is 19.9. The maximum Gasteiger partial charge on any atom is 0.338 e. The molecule has 1 fully saturated rings. The van der Waals surface area contributed by atoms with Crippen LogP contribution in [-0.4, -0.2) is 40.1 Å². The minimum absolute atomic E-state index is 0. The summed E-state index contributed by atoms with van der Waals surface area (Å²) in [5.74, 6) is -0.540. The molecule has 2 unspecified atom stereocenters. The van der Waals surface area contributed by atoms with Gasteiger partial charge in [0.1, 0.15) is 0 Å². The van der Waals surface area contributed by atoms with Crippen LogP contribution in [0.15, 0.2) is 23.1 Å². The van der Waals surface area contributed by atoms with Gasteiger partial charge >= 0.3 is 5.97 Å². The average Bonchev–Trinajstić information content (AvgIpc) is 2.49. The molecule has 0 saturated carbocycles. The van der Waals surface area contributed by atoms with Gasteiger partial charge in [0.15, 0.2) is 0 Å². The number of hydrogen-bond acceptors (Lipinski definition) is 5. The van der Waals surface area contributed by atoms with E-state index in [1.807, 2.05) is 6.92 Å². The normalized spacial score (nSPS) is 21.3. The van der Waals surface area contributed by atoms with Gasteiger partial charge in [0, 0.05) is 12.1 Å². The Morgan fingerprint density at radius 2 is 2.09 bits per heavy atom. The number of methoxy groups -OCH3 is 1. The number of halogens is 1. The van der Waals surface area contributed by atoms with E-state index in [0.29, 0.717) is 5.56 Å². The number of carbonyl (C=O) groups excluding carboxylic acids is 1. The lowest BCUT2D eigenvalue weighted by molar-refractivity contribution is 0.0599. The number of rotatable bonds is 4. The van der Waals surface area contributed by atoms with Crippen LogP contribution in [0.4, 0.5) is 0 Å². The predicted molar refractivity (Wildman–Crippen MR) is 90.6 cm³/mol. The summed E-state index contributed by atoms with van der Waals surface area (Å²) in [6, 6.07) is 4.41. The summed E-state index contributed by atoms with van der Waals surface area (Å²) in [5.41, 5.74) is 0.943. The number of ether oxygens (including phenoxy) is 1. The first-order valence-electron chi connectivity index (χ1n) is 7.30. The van der Waals surface area contributed by atoms with Crippen molar-refractivity contribution < 1.29 is 17.9 Å². The van der Waals surface area contributed by atoms with E-state index < -0.39 is 16.0 Å².